The van der Waals surface area contributed by atoms with Gasteiger partial charge in [-0.1, -0.05) is 39.0 Å². The van der Waals surface area contributed by atoms with Crippen molar-refractivity contribution < 1.29 is 41.6 Å². The lowest BCUT2D eigenvalue weighted by Crippen LogP contribution is -2.65. The number of fused-ring (bicyclic) bond motifs is 1. The van der Waals surface area contributed by atoms with Crippen molar-refractivity contribution in [2.75, 3.05) is 17.2 Å². The second-order valence-corrected chi connectivity index (χ2v) is 16.5. The van der Waals surface area contributed by atoms with E-state index < -0.39 is 65.4 Å². The lowest BCUT2D eigenvalue weighted by molar-refractivity contribution is -0.199. The maximum atomic E-state index is 14.4. The normalized spacial score (nSPS) is 27.4. The number of esters is 1. The fourth-order valence-corrected chi connectivity index (χ4v) is 9.29. The first-order valence-electron chi connectivity index (χ1n) is 19.4. The van der Waals surface area contributed by atoms with E-state index in [9.17, 15) is 32.3 Å². The highest BCUT2D eigenvalue weighted by Gasteiger charge is 2.68. The van der Waals surface area contributed by atoms with E-state index in [4.69, 9.17) is 14.0 Å². The number of anilines is 2. The molecule has 0 spiro atoms. The lowest BCUT2D eigenvalue weighted by Gasteiger charge is -2.64. The number of nitrogens with one attached hydrogen (secondary N) is 4. The van der Waals surface area contributed by atoms with Gasteiger partial charge in [0.2, 0.25) is 5.91 Å². The van der Waals surface area contributed by atoms with Gasteiger partial charge in [-0.05, 0) is 93.2 Å². The summed E-state index contributed by atoms with van der Waals surface area (Å²) in [5.74, 6) is -0.704. The van der Waals surface area contributed by atoms with Gasteiger partial charge in [0, 0.05) is 18.7 Å². The average Bonchev–Trinajstić information content (AvgIpc) is 3.67. The number of carbonyl (C=O) groups excluding carboxylic acids is 3. The van der Waals surface area contributed by atoms with E-state index in [1.54, 1.807) is 32.0 Å². The van der Waals surface area contributed by atoms with Crippen molar-refractivity contribution in [1.29, 1.82) is 0 Å². The zero-order chi connectivity index (χ0) is 41.1. The van der Waals surface area contributed by atoms with Gasteiger partial charge in [0.15, 0.2) is 0 Å². The molecular formula is C40H48BF3N6O7. The van der Waals surface area contributed by atoms with Crippen molar-refractivity contribution in [2.24, 2.45) is 17.3 Å². The van der Waals surface area contributed by atoms with Gasteiger partial charge in [0.1, 0.15) is 17.6 Å². The molecule has 17 heteroatoms. The highest BCUT2D eigenvalue weighted by atomic mass is 19.4. The maximum Gasteiger partial charge on any atom is 0.481 e. The van der Waals surface area contributed by atoms with Gasteiger partial charge in [-0.25, -0.2) is 14.6 Å². The summed E-state index contributed by atoms with van der Waals surface area (Å²) in [5.41, 5.74) is -2.47. The molecule has 4 N–H and O–H groups in total. The highest BCUT2D eigenvalue weighted by molar-refractivity contribution is 6.47. The Bertz CT molecular complexity index is 2130. The molecule has 2 bridgehead atoms. The quantitative estimate of drug-likeness (QED) is 0.131. The molecule has 7 atom stereocenters. The first-order valence-corrected chi connectivity index (χ1v) is 19.4. The third kappa shape index (κ3) is 7.39. The number of carbonyl (C=O) groups is 3. The van der Waals surface area contributed by atoms with Crippen LogP contribution in [-0.2, 0) is 37.1 Å². The van der Waals surface area contributed by atoms with Crippen LogP contribution >= 0.6 is 0 Å². The number of urea groups is 1. The summed E-state index contributed by atoms with van der Waals surface area (Å²) >= 11 is 0. The topological polar surface area (TPSA) is 162 Å². The molecule has 3 saturated carbocycles. The zero-order valence-electron chi connectivity index (χ0n) is 32.8. The van der Waals surface area contributed by atoms with Crippen LogP contribution in [0.1, 0.15) is 101 Å². The van der Waals surface area contributed by atoms with Crippen LogP contribution in [-0.4, -0.2) is 58.8 Å². The van der Waals surface area contributed by atoms with E-state index in [0.717, 1.165) is 25.0 Å². The number of rotatable bonds is 11. The van der Waals surface area contributed by atoms with Crippen LogP contribution in [0.2, 0.25) is 0 Å². The minimum absolute atomic E-state index is 0.0495. The summed E-state index contributed by atoms with van der Waals surface area (Å²) < 4.78 is 59.6. The molecule has 13 nitrogen and oxygen atoms in total. The fraction of sp³-hybridized carbons (Fsp3) is 0.525. The van der Waals surface area contributed by atoms with E-state index >= 15 is 0 Å². The molecule has 57 heavy (non-hydrogen) atoms. The molecule has 5 aliphatic rings. The molecule has 8 rings (SSSR count). The number of amides is 3. The van der Waals surface area contributed by atoms with Crippen LogP contribution in [0.3, 0.4) is 0 Å². The smallest absolute Gasteiger partial charge is 0.462 e. The van der Waals surface area contributed by atoms with Gasteiger partial charge < -0.3 is 35.3 Å². The Morgan fingerprint density at radius 1 is 1.07 bits per heavy atom. The number of hydrogen-bond acceptors (Lipinski definition) is 9. The van der Waals surface area contributed by atoms with Crippen LogP contribution in [0.25, 0.3) is 0 Å². The van der Waals surface area contributed by atoms with Gasteiger partial charge in [-0.2, -0.15) is 13.2 Å². The standard InChI is InChI=1S/C40H48BF3N6O7/c1-7-31(41-56-30-18-25-17-29(37(25,3)4)39(30,6)57-41)48-32(51)28-19-38(5,49-36(54)47-26-14-10-12-23(16-26)34(53)55-8-2)35-46-21-27(33(52)50(28)35)45-20-22-11-9-13-24(15-22)40(42,43)44/h9-16,21,25,28-31,45H,7-8,17-20H2,1-6H3,(H,48,51)(H2,47,49,54)/t25-,28-,29-,30+,31-,38+,39-/m0/s1. The fourth-order valence-electron chi connectivity index (χ4n) is 9.29. The number of ether oxygens (including phenoxy) is 1. The lowest BCUT2D eigenvalue weighted by atomic mass is 9.43. The summed E-state index contributed by atoms with van der Waals surface area (Å²) in [6.07, 6.45) is -1.09. The van der Waals surface area contributed by atoms with Crippen LogP contribution in [0.5, 0.6) is 0 Å². The number of halogens is 3. The first kappa shape index (κ1) is 40.3. The Hall–Kier alpha value is -4.90. The number of alkyl halides is 3. The Labute approximate surface area is 329 Å². The van der Waals surface area contributed by atoms with Crippen LogP contribution in [0.15, 0.2) is 59.5 Å². The van der Waals surface area contributed by atoms with E-state index in [2.05, 4.69) is 47.0 Å². The molecule has 1 saturated heterocycles. The first-order chi connectivity index (χ1) is 26.9. The molecule has 0 unspecified atom stereocenters. The maximum absolute atomic E-state index is 14.4. The molecule has 2 aromatic carbocycles. The second kappa shape index (κ2) is 14.8. The van der Waals surface area contributed by atoms with Crippen LogP contribution in [0, 0.1) is 17.3 Å². The third-order valence-electron chi connectivity index (χ3n) is 12.5. The molecular weight excluding hydrogens is 744 g/mol. The van der Waals surface area contributed by atoms with Gasteiger partial charge in [-0.3, -0.25) is 14.2 Å². The summed E-state index contributed by atoms with van der Waals surface area (Å²) in [4.78, 5) is 59.0. The molecule has 1 aromatic heterocycles. The molecule has 3 heterocycles. The zero-order valence-corrected chi connectivity index (χ0v) is 32.8. The van der Waals surface area contributed by atoms with Crippen molar-refractivity contribution in [3.05, 3.63) is 87.6 Å². The van der Waals surface area contributed by atoms with E-state index in [1.807, 2.05) is 6.92 Å². The van der Waals surface area contributed by atoms with E-state index in [0.29, 0.717) is 23.9 Å². The van der Waals surface area contributed by atoms with Crippen molar-refractivity contribution in [2.45, 2.75) is 109 Å². The SMILES string of the molecule is CCOC(=O)c1cccc(NC(=O)N[C@]2(C)C[C@@H](C(=O)N[C@@H](CC)B3O[C@@H]4C[C@@H]5C[C@@H](C5(C)C)[C@]4(C)O3)n3c2ncc(NCc2cccc(C(F)(F)F)c2)c3=O)c1. The molecule has 3 aliphatic carbocycles. The number of benzene rings is 2. The van der Waals surface area contributed by atoms with Gasteiger partial charge >= 0.3 is 25.3 Å². The second-order valence-electron chi connectivity index (χ2n) is 16.5. The molecule has 4 fully saturated rings. The van der Waals surface area contributed by atoms with Crippen LogP contribution in [0.4, 0.5) is 29.3 Å². The van der Waals surface area contributed by atoms with E-state index in [1.165, 1.54) is 29.0 Å². The van der Waals surface area contributed by atoms with Gasteiger partial charge in [-0.15, -0.1) is 0 Å². The van der Waals surface area contributed by atoms with Crippen molar-refractivity contribution >= 4 is 36.4 Å². The molecule has 0 radical (unpaired) electrons. The summed E-state index contributed by atoms with van der Waals surface area (Å²) in [7, 11) is -0.721. The van der Waals surface area contributed by atoms with E-state index in [-0.39, 0.29) is 53.7 Å². The predicted molar refractivity (Wildman–Crippen MR) is 205 cm³/mol. The predicted octanol–water partition coefficient (Wildman–Crippen LogP) is 6.19. The Kier molecular flexibility index (Phi) is 10.5. The molecule has 304 valence electrons. The summed E-state index contributed by atoms with van der Waals surface area (Å²) in [6, 6.07) is 9.07. The van der Waals surface area contributed by atoms with Crippen LogP contribution < -0.4 is 26.8 Å². The number of hydrogen-bond donors (Lipinski definition) is 4. The van der Waals surface area contributed by atoms with Gasteiger partial charge in [0.05, 0.1) is 47.1 Å². The summed E-state index contributed by atoms with van der Waals surface area (Å²) in [5, 5.41) is 11.6. The minimum Gasteiger partial charge on any atom is -0.462 e. The molecule has 3 amide bonds. The average molecular weight is 793 g/mol. The number of aromatic nitrogens is 2. The largest absolute Gasteiger partial charge is 0.481 e. The van der Waals surface area contributed by atoms with Gasteiger partial charge in [0.25, 0.3) is 5.56 Å². The molecule has 2 aliphatic heterocycles. The summed E-state index contributed by atoms with van der Waals surface area (Å²) in [6.45, 7) is 11.9. The highest BCUT2D eigenvalue weighted by Crippen LogP contribution is 2.65. The Morgan fingerprint density at radius 3 is 2.53 bits per heavy atom. The number of nitrogens with zero attached hydrogens (tertiary/aromatic N) is 2. The Morgan fingerprint density at radius 2 is 1.82 bits per heavy atom. The molecule has 3 aromatic rings. The Balaban J connectivity index is 1.14. The monoisotopic (exact) mass is 792 g/mol. The third-order valence-corrected chi connectivity index (χ3v) is 12.5. The van der Waals surface area contributed by atoms with Crippen molar-refractivity contribution in [1.82, 2.24) is 20.2 Å². The van der Waals surface area contributed by atoms with Crippen molar-refractivity contribution in [3.63, 3.8) is 0 Å². The van der Waals surface area contributed by atoms with Crippen molar-refractivity contribution in [3.8, 4) is 0 Å². The minimum atomic E-state index is -4.55.